The molecule has 7 rings (SSSR count). The van der Waals surface area contributed by atoms with Gasteiger partial charge in [0, 0.05) is 38.7 Å². The SMILES string of the molecule is [2H]C(C)(C)c1ccnc(-c2[c-]c3sc(-c4ccccc4)cc3c(-c3ccccc3)c2)c1.[Ir].[c-]1ccccc1-c1ccccn1. The van der Waals surface area contributed by atoms with Crippen LogP contribution in [-0.2, 0) is 20.1 Å². The van der Waals surface area contributed by atoms with Gasteiger partial charge in [-0.3, -0.25) is 0 Å². The molecule has 0 fully saturated rings. The number of benzene rings is 4. The maximum absolute atomic E-state index is 8.40. The summed E-state index contributed by atoms with van der Waals surface area (Å²) in [5, 5.41) is 1.20. The Morgan fingerprint density at radius 3 is 2.05 bits per heavy atom. The van der Waals surface area contributed by atoms with E-state index < -0.39 is 5.89 Å². The first-order valence-corrected chi connectivity index (χ1v) is 14.7. The van der Waals surface area contributed by atoms with Gasteiger partial charge < -0.3 is 9.97 Å². The van der Waals surface area contributed by atoms with E-state index in [2.05, 4.69) is 82.8 Å². The molecule has 0 bridgehead atoms. The Bertz CT molecular complexity index is 1900. The summed E-state index contributed by atoms with van der Waals surface area (Å²) in [7, 11) is 0. The van der Waals surface area contributed by atoms with Crippen molar-refractivity contribution in [3.05, 3.63) is 157 Å². The van der Waals surface area contributed by atoms with Gasteiger partial charge in [-0.2, -0.15) is 11.3 Å². The maximum Gasteiger partial charge on any atom is 0.0346 e. The average molecular weight is 752 g/mol. The van der Waals surface area contributed by atoms with E-state index in [1.807, 2.05) is 80.6 Å². The van der Waals surface area contributed by atoms with Crippen molar-refractivity contribution in [1.29, 1.82) is 0 Å². The Morgan fingerprint density at radius 1 is 0.674 bits per heavy atom. The van der Waals surface area contributed by atoms with Gasteiger partial charge in [0.25, 0.3) is 0 Å². The predicted octanol–water partition coefficient (Wildman–Crippen LogP) is 10.8. The molecule has 0 aliphatic carbocycles. The first-order valence-electron chi connectivity index (χ1n) is 14.4. The zero-order valence-electron chi connectivity index (χ0n) is 24.9. The Morgan fingerprint density at radius 2 is 1.37 bits per heavy atom. The molecular formula is C39H30IrN2S-2. The molecule has 0 saturated carbocycles. The van der Waals surface area contributed by atoms with Crippen LogP contribution in [-0.4, -0.2) is 9.97 Å². The smallest absolute Gasteiger partial charge is 0.0346 e. The van der Waals surface area contributed by atoms with Crippen molar-refractivity contribution in [3.63, 3.8) is 0 Å². The molecule has 0 unspecified atom stereocenters. The summed E-state index contributed by atoms with van der Waals surface area (Å²) >= 11 is 1.76. The molecule has 1 radical (unpaired) electrons. The topological polar surface area (TPSA) is 25.8 Å². The number of hydrogen-bond donors (Lipinski definition) is 0. The first-order chi connectivity index (χ1) is 21.0. The molecule has 43 heavy (non-hydrogen) atoms. The summed E-state index contributed by atoms with van der Waals surface area (Å²) in [6.07, 6.45) is 3.58. The molecule has 213 valence electrons. The minimum Gasteiger partial charge on any atom is -0.305 e. The summed E-state index contributed by atoms with van der Waals surface area (Å²) in [4.78, 5) is 10.1. The van der Waals surface area contributed by atoms with E-state index in [1.165, 1.54) is 27.0 Å². The minimum absolute atomic E-state index is 0. The molecule has 2 nitrogen and oxygen atoms in total. The van der Waals surface area contributed by atoms with E-state index in [-0.39, 0.29) is 20.1 Å². The van der Waals surface area contributed by atoms with Crippen LogP contribution < -0.4 is 0 Å². The Balaban J connectivity index is 0.000000248. The molecule has 7 aromatic rings. The number of fused-ring (bicyclic) bond motifs is 1. The normalized spacial score (nSPS) is 11.2. The van der Waals surface area contributed by atoms with Crippen LogP contribution in [0.4, 0.5) is 0 Å². The zero-order valence-corrected chi connectivity index (χ0v) is 27.1. The van der Waals surface area contributed by atoms with E-state index >= 15 is 0 Å². The third-order valence-electron chi connectivity index (χ3n) is 6.97. The Labute approximate surface area is 272 Å². The number of rotatable bonds is 5. The largest absolute Gasteiger partial charge is 0.305 e. The summed E-state index contributed by atoms with van der Waals surface area (Å²) in [6, 6.07) is 49.8. The molecule has 3 aromatic heterocycles. The van der Waals surface area contributed by atoms with E-state index in [0.717, 1.165) is 32.8 Å². The van der Waals surface area contributed by atoms with Gasteiger partial charge in [0.2, 0.25) is 0 Å². The summed E-state index contributed by atoms with van der Waals surface area (Å²) in [5.74, 6) is -0.673. The molecule has 4 heteroatoms. The summed E-state index contributed by atoms with van der Waals surface area (Å²) < 4.78 is 9.52. The zero-order chi connectivity index (χ0) is 29.6. The summed E-state index contributed by atoms with van der Waals surface area (Å²) in [5.41, 5.74) is 8.34. The second kappa shape index (κ2) is 14.3. The fraction of sp³-hybridized carbons (Fsp3) is 0.0769. The number of nitrogens with zero attached hydrogens (tertiary/aromatic N) is 2. The van der Waals surface area contributed by atoms with E-state index in [9.17, 15) is 0 Å². The molecule has 0 aliphatic heterocycles. The predicted molar refractivity (Wildman–Crippen MR) is 177 cm³/mol. The van der Waals surface area contributed by atoms with Crippen molar-refractivity contribution in [2.24, 2.45) is 0 Å². The van der Waals surface area contributed by atoms with Gasteiger partial charge >= 0.3 is 0 Å². The summed E-state index contributed by atoms with van der Waals surface area (Å²) in [6.45, 7) is 3.81. The number of hydrogen-bond acceptors (Lipinski definition) is 3. The van der Waals surface area contributed by atoms with Crippen molar-refractivity contribution in [1.82, 2.24) is 9.97 Å². The third kappa shape index (κ3) is 7.24. The fourth-order valence-electron chi connectivity index (χ4n) is 4.77. The number of aromatic nitrogens is 2. The molecule has 0 N–H and O–H groups in total. The Hall–Kier alpha value is -4.21. The van der Waals surface area contributed by atoms with Crippen molar-refractivity contribution >= 4 is 21.4 Å². The number of thiophene rings is 1. The molecule has 0 spiro atoms. The van der Waals surface area contributed by atoms with Crippen LogP contribution >= 0.6 is 11.3 Å². The minimum atomic E-state index is -0.673. The second-order valence-electron chi connectivity index (χ2n) is 10.1. The number of pyridine rings is 2. The molecule has 0 amide bonds. The van der Waals surface area contributed by atoms with Crippen LogP contribution in [0.2, 0.25) is 0 Å². The second-order valence-corrected chi connectivity index (χ2v) is 11.2. The van der Waals surface area contributed by atoms with E-state index in [0.29, 0.717) is 0 Å². The quantitative estimate of drug-likeness (QED) is 0.164. The molecule has 0 aliphatic rings. The van der Waals surface area contributed by atoms with Crippen LogP contribution in [0.25, 0.3) is 54.2 Å². The molecule has 4 aromatic carbocycles. The maximum atomic E-state index is 8.40. The van der Waals surface area contributed by atoms with Gasteiger partial charge in [-0.15, -0.1) is 53.6 Å². The van der Waals surface area contributed by atoms with Gasteiger partial charge in [0.15, 0.2) is 0 Å². The van der Waals surface area contributed by atoms with Crippen molar-refractivity contribution in [3.8, 4) is 44.1 Å². The van der Waals surface area contributed by atoms with Crippen LogP contribution in [0.3, 0.4) is 0 Å². The van der Waals surface area contributed by atoms with E-state index in [4.69, 9.17) is 1.37 Å². The molecular weight excluding hydrogens is 721 g/mol. The van der Waals surface area contributed by atoms with Gasteiger partial charge in [0.1, 0.15) is 0 Å². The van der Waals surface area contributed by atoms with Gasteiger partial charge in [0.05, 0.1) is 0 Å². The molecule has 0 saturated heterocycles. The van der Waals surface area contributed by atoms with Gasteiger partial charge in [-0.05, 0) is 45.2 Å². The average Bonchev–Trinajstić information content (AvgIpc) is 3.51. The van der Waals surface area contributed by atoms with Crippen molar-refractivity contribution in [2.75, 3.05) is 0 Å². The Kier molecular flexibility index (Phi) is 9.61. The van der Waals surface area contributed by atoms with Gasteiger partial charge in [-0.1, -0.05) is 115 Å². The first kappa shape index (κ1) is 28.9. The van der Waals surface area contributed by atoms with Crippen LogP contribution in [0.5, 0.6) is 0 Å². The van der Waals surface area contributed by atoms with Crippen LogP contribution in [0, 0.1) is 12.1 Å². The van der Waals surface area contributed by atoms with Crippen molar-refractivity contribution < 1.29 is 21.5 Å². The standard InChI is InChI=1S/C28H22NS.C11H8N.Ir/c1-19(2)22-13-14-29-26(16-22)23-15-24(20-9-5-3-6-10-20)25-18-27(30-28(25)17-23)21-11-7-4-8-12-21;1-2-6-10(7-3-1)11-8-4-5-9-12-11;/h3-16,18-19H,1-2H3;1-6,8-9H;/q2*-1;/i19D;;. The van der Waals surface area contributed by atoms with Crippen LogP contribution in [0.1, 0.15) is 26.7 Å². The third-order valence-corrected chi connectivity index (χ3v) is 8.06. The van der Waals surface area contributed by atoms with Gasteiger partial charge in [-0.25, -0.2) is 0 Å². The molecule has 0 atom stereocenters. The van der Waals surface area contributed by atoms with E-state index in [1.54, 1.807) is 23.7 Å². The fourth-order valence-corrected chi connectivity index (χ4v) is 5.86. The monoisotopic (exact) mass is 752 g/mol. The van der Waals surface area contributed by atoms with Crippen LogP contribution in [0.15, 0.2) is 140 Å². The van der Waals surface area contributed by atoms with Crippen molar-refractivity contribution in [2.45, 2.75) is 19.7 Å². The molecule has 3 heterocycles.